The van der Waals surface area contributed by atoms with E-state index < -0.39 is 5.97 Å². The van der Waals surface area contributed by atoms with Crippen molar-refractivity contribution in [2.75, 3.05) is 25.4 Å². The van der Waals surface area contributed by atoms with Crippen molar-refractivity contribution in [2.24, 2.45) is 0 Å². The SMILES string of the molecule is C/C(=C\C(=O)O)CN1CCSC(C)C1. The molecule has 1 aliphatic rings. The van der Waals surface area contributed by atoms with E-state index in [1.54, 1.807) is 0 Å². The van der Waals surface area contributed by atoms with E-state index in [1.807, 2.05) is 18.7 Å². The van der Waals surface area contributed by atoms with Crippen LogP contribution in [0.15, 0.2) is 11.6 Å². The van der Waals surface area contributed by atoms with Crippen molar-refractivity contribution in [2.45, 2.75) is 19.1 Å². The van der Waals surface area contributed by atoms with Gasteiger partial charge in [0.05, 0.1) is 0 Å². The van der Waals surface area contributed by atoms with Gasteiger partial charge >= 0.3 is 5.97 Å². The number of nitrogens with zero attached hydrogens (tertiary/aromatic N) is 1. The monoisotopic (exact) mass is 215 g/mol. The summed E-state index contributed by atoms with van der Waals surface area (Å²) in [4.78, 5) is 12.7. The van der Waals surface area contributed by atoms with Gasteiger partial charge in [-0.2, -0.15) is 11.8 Å². The van der Waals surface area contributed by atoms with Gasteiger partial charge in [-0.25, -0.2) is 4.79 Å². The molecular weight excluding hydrogens is 198 g/mol. The van der Waals surface area contributed by atoms with E-state index in [0.717, 1.165) is 31.0 Å². The molecule has 1 heterocycles. The highest BCUT2D eigenvalue weighted by atomic mass is 32.2. The molecule has 0 saturated carbocycles. The highest BCUT2D eigenvalue weighted by Crippen LogP contribution is 2.18. The molecule has 0 aromatic rings. The summed E-state index contributed by atoms with van der Waals surface area (Å²) >= 11 is 1.99. The molecule has 0 aliphatic carbocycles. The Bertz CT molecular complexity index is 240. The minimum Gasteiger partial charge on any atom is -0.478 e. The highest BCUT2D eigenvalue weighted by Gasteiger charge is 2.16. The number of carbonyl (C=O) groups is 1. The maximum atomic E-state index is 10.4. The lowest BCUT2D eigenvalue weighted by atomic mass is 10.2. The molecule has 1 unspecified atom stereocenters. The fourth-order valence-corrected chi connectivity index (χ4v) is 2.73. The number of hydrogen-bond donors (Lipinski definition) is 1. The van der Waals surface area contributed by atoms with Crippen molar-refractivity contribution in [1.29, 1.82) is 0 Å². The van der Waals surface area contributed by atoms with Crippen LogP contribution in [-0.4, -0.2) is 46.6 Å². The summed E-state index contributed by atoms with van der Waals surface area (Å²) in [6.45, 7) is 7.01. The van der Waals surface area contributed by atoms with Gasteiger partial charge in [0.1, 0.15) is 0 Å². The molecule has 0 amide bonds. The van der Waals surface area contributed by atoms with Gasteiger partial charge in [-0.05, 0) is 6.92 Å². The smallest absolute Gasteiger partial charge is 0.328 e. The predicted molar refractivity (Wildman–Crippen MR) is 59.8 cm³/mol. The molecule has 1 atom stereocenters. The van der Waals surface area contributed by atoms with E-state index in [9.17, 15) is 4.79 Å². The third kappa shape index (κ3) is 4.15. The number of hydrogen-bond acceptors (Lipinski definition) is 3. The summed E-state index contributed by atoms with van der Waals surface area (Å²) in [6.07, 6.45) is 1.30. The molecule has 1 saturated heterocycles. The van der Waals surface area contributed by atoms with Crippen molar-refractivity contribution in [1.82, 2.24) is 4.90 Å². The van der Waals surface area contributed by atoms with Gasteiger partial charge in [0.15, 0.2) is 0 Å². The van der Waals surface area contributed by atoms with Crippen molar-refractivity contribution < 1.29 is 9.90 Å². The Hall–Kier alpha value is -0.480. The van der Waals surface area contributed by atoms with E-state index in [1.165, 1.54) is 6.08 Å². The molecule has 0 spiro atoms. The number of thioether (sulfide) groups is 1. The third-order valence-corrected chi connectivity index (χ3v) is 3.30. The quantitative estimate of drug-likeness (QED) is 0.724. The van der Waals surface area contributed by atoms with Crippen molar-refractivity contribution >= 4 is 17.7 Å². The first-order valence-electron chi connectivity index (χ1n) is 4.82. The molecule has 80 valence electrons. The molecule has 1 aliphatic heterocycles. The number of carboxylic acid groups (broad SMARTS) is 1. The van der Waals surface area contributed by atoms with Gasteiger partial charge in [-0.3, -0.25) is 4.90 Å². The maximum absolute atomic E-state index is 10.4. The Morgan fingerprint density at radius 1 is 1.71 bits per heavy atom. The van der Waals surface area contributed by atoms with Gasteiger partial charge < -0.3 is 5.11 Å². The normalized spacial score (nSPS) is 25.0. The highest BCUT2D eigenvalue weighted by molar-refractivity contribution is 7.99. The number of aliphatic carboxylic acids is 1. The molecule has 4 heteroatoms. The first-order valence-corrected chi connectivity index (χ1v) is 5.87. The molecular formula is C10H17NO2S. The van der Waals surface area contributed by atoms with Crippen molar-refractivity contribution in [3.63, 3.8) is 0 Å². The Morgan fingerprint density at radius 3 is 3.00 bits per heavy atom. The lowest BCUT2D eigenvalue weighted by Gasteiger charge is -2.30. The van der Waals surface area contributed by atoms with E-state index in [2.05, 4.69) is 11.8 Å². The van der Waals surface area contributed by atoms with E-state index in [-0.39, 0.29) is 0 Å². The molecule has 0 aromatic heterocycles. The predicted octanol–water partition coefficient (Wildman–Crippen LogP) is 1.45. The maximum Gasteiger partial charge on any atom is 0.328 e. The van der Waals surface area contributed by atoms with Gasteiger partial charge in [0.25, 0.3) is 0 Å². The summed E-state index contributed by atoms with van der Waals surface area (Å²) in [5.41, 5.74) is 0.927. The summed E-state index contributed by atoms with van der Waals surface area (Å²) in [7, 11) is 0. The van der Waals surface area contributed by atoms with E-state index in [4.69, 9.17) is 5.11 Å². The van der Waals surface area contributed by atoms with Crippen LogP contribution in [-0.2, 0) is 4.79 Å². The van der Waals surface area contributed by atoms with Gasteiger partial charge in [0.2, 0.25) is 0 Å². The lowest BCUT2D eigenvalue weighted by molar-refractivity contribution is -0.131. The van der Waals surface area contributed by atoms with E-state index in [0.29, 0.717) is 5.25 Å². The Labute approximate surface area is 89.2 Å². The molecule has 1 rings (SSSR count). The van der Waals surface area contributed by atoms with Gasteiger partial charge in [0, 0.05) is 36.7 Å². The topological polar surface area (TPSA) is 40.5 Å². The summed E-state index contributed by atoms with van der Waals surface area (Å²) in [5.74, 6) is 0.309. The van der Waals surface area contributed by atoms with Crippen LogP contribution in [0.25, 0.3) is 0 Å². The largest absolute Gasteiger partial charge is 0.478 e. The second-order valence-corrected chi connectivity index (χ2v) is 5.29. The van der Waals surface area contributed by atoms with Crippen LogP contribution in [0, 0.1) is 0 Å². The van der Waals surface area contributed by atoms with Crippen LogP contribution < -0.4 is 0 Å². The fourth-order valence-electron chi connectivity index (χ4n) is 1.64. The Morgan fingerprint density at radius 2 is 2.43 bits per heavy atom. The molecule has 0 bridgehead atoms. The average molecular weight is 215 g/mol. The molecule has 1 N–H and O–H groups in total. The second-order valence-electron chi connectivity index (χ2n) is 3.75. The first kappa shape index (κ1) is 11.6. The number of carboxylic acids is 1. The lowest BCUT2D eigenvalue weighted by Crippen LogP contribution is -2.37. The van der Waals surface area contributed by atoms with Crippen molar-refractivity contribution in [3.05, 3.63) is 11.6 Å². The minimum absolute atomic E-state index is 0.668. The van der Waals surface area contributed by atoms with Crippen LogP contribution in [0.5, 0.6) is 0 Å². The zero-order valence-electron chi connectivity index (χ0n) is 8.69. The van der Waals surface area contributed by atoms with Crippen LogP contribution in [0.4, 0.5) is 0 Å². The standard InChI is InChI=1S/C10H17NO2S/c1-8(5-10(12)13)6-11-3-4-14-9(2)7-11/h5,9H,3-4,6-7H2,1-2H3,(H,12,13)/b8-5+. The molecule has 14 heavy (non-hydrogen) atoms. The van der Waals surface area contributed by atoms with Crippen LogP contribution in [0.1, 0.15) is 13.8 Å². The summed E-state index contributed by atoms with van der Waals surface area (Å²) in [6, 6.07) is 0. The van der Waals surface area contributed by atoms with Gasteiger partial charge in [-0.15, -0.1) is 0 Å². The molecule has 0 aromatic carbocycles. The van der Waals surface area contributed by atoms with Crippen LogP contribution in [0.3, 0.4) is 0 Å². The summed E-state index contributed by atoms with van der Waals surface area (Å²) in [5, 5.41) is 9.23. The second kappa shape index (κ2) is 5.41. The minimum atomic E-state index is -0.845. The van der Waals surface area contributed by atoms with Gasteiger partial charge in [-0.1, -0.05) is 12.5 Å². The third-order valence-electron chi connectivity index (χ3n) is 2.17. The van der Waals surface area contributed by atoms with Crippen LogP contribution in [0.2, 0.25) is 0 Å². The zero-order chi connectivity index (χ0) is 10.6. The fraction of sp³-hybridized carbons (Fsp3) is 0.700. The van der Waals surface area contributed by atoms with Crippen LogP contribution >= 0.6 is 11.8 Å². The van der Waals surface area contributed by atoms with Crippen molar-refractivity contribution in [3.8, 4) is 0 Å². The number of rotatable bonds is 3. The average Bonchev–Trinajstić information content (AvgIpc) is 2.01. The molecule has 0 radical (unpaired) electrons. The molecule has 1 fully saturated rings. The first-order chi connectivity index (χ1) is 6.58. The van der Waals surface area contributed by atoms with E-state index >= 15 is 0 Å². The Balaban J connectivity index is 2.39. The summed E-state index contributed by atoms with van der Waals surface area (Å²) < 4.78 is 0. The zero-order valence-corrected chi connectivity index (χ0v) is 9.51. The Kier molecular flexibility index (Phi) is 4.48. The molecule has 3 nitrogen and oxygen atoms in total.